The number of carbonyl (C=O) groups is 2. The monoisotopic (exact) mass is 502 g/mol. The predicted octanol–water partition coefficient (Wildman–Crippen LogP) is 5.36. The molecule has 0 heterocycles. The van der Waals surface area contributed by atoms with Crippen LogP contribution in [-0.2, 0) is 22.6 Å². The summed E-state index contributed by atoms with van der Waals surface area (Å²) < 4.78 is 11.3. The summed E-state index contributed by atoms with van der Waals surface area (Å²) >= 11 is 0. The topological polar surface area (TPSA) is 67.9 Å². The summed E-state index contributed by atoms with van der Waals surface area (Å²) in [5.74, 6) is 1.25. The summed E-state index contributed by atoms with van der Waals surface area (Å²) in [5, 5.41) is 3.00. The zero-order chi connectivity index (χ0) is 26.8. The molecule has 0 aliphatic rings. The number of rotatable bonds is 12. The standard InChI is InChI=1S/C31H38N2O4/c1-22(2)26-14-16-27(17-15-26)37-21-30(34)33(20-25-12-9-13-28(18-25)36-5)29(31(35)32-23(3)4)19-24-10-7-6-8-11-24/h6-18,22-23,29H,19-21H2,1-5H3,(H,32,35)/t29-/m0/s1. The number of hydrogen-bond donors (Lipinski definition) is 1. The molecule has 0 fully saturated rings. The number of benzene rings is 3. The molecule has 6 nitrogen and oxygen atoms in total. The Hall–Kier alpha value is -3.80. The Morgan fingerprint density at radius 1 is 0.838 bits per heavy atom. The molecule has 1 atom stereocenters. The highest BCUT2D eigenvalue weighted by Crippen LogP contribution is 2.21. The van der Waals surface area contributed by atoms with Gasteiger partial charge in [-0.2, -0.15) is 0 Å². The number of amides is 2. The first-order valence-electron chi connectivity index (χ1n) is 12.8. The van der Waals surface area contributed by atoms with Crippen molar-refractivity contribution in [3.05, 3.63) is 95.6 Å². The summed E-state index contributed by atoms with van der Waals surface area (Å²) in [4.78, 5) is 28.7. The second-order valence-corrected chi connectivity index (χ2v) is 9.75. The lowest BCUT2D eigenvalue weighted by Gasteiger charge is -2.32. The van der Waals surface area contributed by atoms with Gasteiger partial charge in [0.25, 0.3) is 5.91 Å². The van der Waals surface area contributed by atoms with Gasteiger partial charge in [0, 0.05) is 19.0 Å². The summed E-state index contributed by atoms with van der Waals surface area (Å²) in [5.41, 5.74) is 3.04. The van der Waals surface area contributed by atoms with Gasteiger partial charge in [-0.3, -0.25) is 9.59 Å². The fraction of sp³-hybridized carbons (Fsp3) is 0.355. The minimum atomic E-state index is -0.713. The second-order valence-electron chi connectivity index (χ2n) is 9.75. The molecule has 3 aromatic rings. The zero-order valence-electron chi connectivity index (χ0n) is 22.4. The second kappa shape index (κ2) is 13.5. The molecule has 0 aliphatic carbocycles. The largest absolute Gasteiger partial charge is 0.497 e. The summed E-state index contributed by atoms with van der Waals surface area (Å²) in [7, 11) is 1.61. The van der Waals surface area contributed by atoms with Crippen LogP contribution in [0.25, 0.3) is 0 Å². The quantitative estimate of drug-likeness (QED) is 0.362. The molecule has 3 rings (SSSR count). The van der Waals surface area contributed by atoms with E-state index < -0.39 is 6.04 Å². The van der Waals surface area contributed by atoms with Gasteiger partial charge in [0.05, 0.1) is 7.11 Å². The van der Waals surface area contributed by atoms with Crippen molar-refractivity contribution in [1.82, 2.24) is 10.2 Å². The normalized spacial score (nSPS) is 11.8. The van der Waals surface area contributed by atoms with Crippen molar-refractivity contribution in [2.24, 2.45) is 0 Å². The Morgan fingerprint density at radius 2 is 1.51 bits per heavy atom. The molecule has 0 saturated heterocycles. The van der Waals surface area contributed by atoms with Crippen LogP contribution in [0.1, 0.15) is 50.3 Å². The van der Waals surface area contributed by atoms with Crippen molar-refractivity contribution < 1.29 is 19.1 Å². The van der Waals surface area contributed by atoms with E-state index in [2.05, 4.69) is 19.2 Å². The minimum Gasteiger partial charge on any atom is -0.497 e. The van der Waals surface area contributed by atoms with Crippen LogP contribution in [0.2, 0.25) is 0 Å². The zero-order valence-corrected chi connectivity index (χ0v) is 22.4. The number of nitrogens with zero attached hydrogens (tertiary/aromatic N) is 1. The average molecular weight is 503 g/mol. The van der Waals surface area contributed by atoms with E-state index in [1.807, 2.05) is 92.7 Å². The first kappa shape index (κ1) is 27.8. The predicted molar refractivity (Wildman–Crippen MR) is 147 cm³/mol. The van der Waals surface area contributed by atoms with Crippen LogP contribution in [0.15, 0.2) is 78.9 Å². The molecule has 37 heavy (non-hydrogen) atoms. The molecule has 0 spiro atoms. The first-order valence-corrected chi connectivity index (χ1v) is 12.8. The SMILES string of the molecule is COc1cccc(CN(C(=O)COc2ccc(C(C)C)cc2)[C@@H](Cc2ccccc2)C(=O)NC(C)C)c1. The van der Waals surface area contributed by atoms with Gasteiger partial charge in [-0.25, -0.2) is 0 Å². The number of nitrogens with one attached hydrogen (secondary N) is 1. The summed E-state index contributed by atoms with van der Waals surface area (Å²) in [6.07, 6.45) is 0.387. The van der Waals surface area contributed by atoms with Gasteiger partial charge in [-0.1, -0.05) is 68.4 Å². The van der Waals surface area contributed by atoms with Crippen LogP contribution < -0.4 is 14.8 Å². The number of carbonyl (C=O) groups excluding carboxylic acids is 2. The van der Waals surface area contributed by atoms with E-state index in [0.29, 0.717) is 23.8 Å². The number of methoxy groups -OCH3 is 1. The van der Waals surface area contributed by atoms with Crippen molar-refractivity contribution >= 4 is 11.8 Å². The summed E-state index contributed by atoms with van der Waals surface area (Å²) in [6, 6.07) is 24.3. The fourth-order valence-electron chi connectivity index (χ4n) is 4.08. The third-order valence-electron chi connectivity index (χ3n) is 6.10. The highest BCUT2D eigenvalue weighted by Gasteiger charge is 2.31. The lowest BCUT2D eigenvalue weighted by atomic mass is 10.0. The van der Waals surface area contributed by atoms with Gasteiger partial charge in [0.1, 0.15) is 17.5 Å². The van der Waals surface area contributed by atoms with Crippen molar-refractivity contribution in [2.75, 3.05) is 13.7 Å². The van der Waals surface area contributed by atoms with Crippen LogP contribution in [0.5, 0.6) is 11.5 Å². The Kier molecular flexibility index (Phi) is 10.1. The van der Waals surface area contributed by atoms with Crippen LogP contribution in [0.4, 0.5) is 0 Å². The van der Waals surface area contributed by atoms with Crippen LogP contribution >= 0.6 is 0 Å². The Bertz CT molecular complexity index is 1140. The Balaban J connectivity index is 1.89. The summed E-state index contributed by atoms with van der Waals surface area (Å²) in [6.45, 7) is 8.15. The van der Waals surface area contributed by atoms with E-state index in [0.717, 1.165) is 11.1 Å². The van der Waals surface area contributed by atoms with Crippen molar-refractivity contribution in [3.8, 4) is 11.5 Å². The van der Waals surface area contributed by atoms with Crippen LogP contribution in [-0.4, -0.2) is 42.5 Å². The Morgan fingerprint density at radius 3 is 2.14 bits per heavy atom. The van der Waals surface area contributed by atoms with E-state index in [4.69, 9.17) is 9.47 Å². The molecule has 0 aromatic heterocycles. The lowest BCUT2D eigenvalue weighted by molar-refractivity contribution is -0.143. The van der Waals surface area contributed by atoms with Crippen molar-refractivity contribution in [2.45, 2.75) is 58.7 Å². The van der Waals surface area contributed by atoms with Crippen LogP contribution in [0, 0.1) is 0 Å². The number of hydrogen-bond acceptors (Lipinski definition) is 4. The molecule has 0 saturated carbocycles. The molecule has 2 amide bonds. The van der Waals surface area contributed by atoms with E-state index >= 15 is 0 Å². The van der Waals surface area contributed by atoms with E-state index in [1.165, 1.54) is 5.56 Å². The van der Waals surface area contributed by atoms with Crippen molar-refractivity contribution in [3.63, 3.8) is 0 Å². The third kappa shape index (κ3) is 8.38. The smallest absolute Gasteiger partial charge is 0.261 e. The average Bonchev–Trinajstić information content (AvgIpc) is 2.89. The molecule has 196 valence electrons. The van der Waals surface area contributed by atoms with Gasteiger partial charge in [0.2, 0.25) is 5.91 Å². The molecule has 6 heteroatoms. The Labute approximate surface area is 220 Å². The molecular formula is C31H38N2O4. The van der Waals surface area contributed by atoms with Gasteiger partial charge in [-0.05, 0) is 60.7 Å². The third-order valence-corrected chi connectivity index (χ3v) is 6.10. The van der Waals surface area contributed by atoms with E-state index in [1.54, 1.807) is 12.0 Å². The fourth-order valence-corrected chi connectivity index (χ4v) is 4.08. The van der Waals surface area contributed by atoms with E-state index in [-0.39, 0.29) is 31.0 Å². The molecule has 0 bridgehead atoms. The van der Waals surface area contributed by atoms with E-state index in [9.17, 15) is 9.59 Å². The molecule has 0 aliphatic heterocycles. The van der Waals surface area contributed by atoms with Crippen LogP contribution in [0.3, 0.4) is 0 Å². The maximum Gasteiger partial charge on any atom is 0.261 e. The van der Waals surface area contributed by atoms with Gasteiger partial charge >= 0.3 is 0 Å². The van der Waals surface area contributed by atoms with Gasteiger partial charge in [0.15, 0.2) is 6.61 Å². The first-order chi connectivity index (χ1) is 17.8. The lowest BCUT2D eigenvalue weighted by Crippen LogP contribution is -2.52. The maximum atomic E-state index is 13.7. The molecule has 0 unspecified atom stereocenters. The highest BCUT2D eigenvalue weighted by molar-refractivity contribution is 5.88. The van der Waals surface area contributed by atoms with Crippen molar-refractivity contribution in [1.29, 1.82) is 0 Å². The molecular weight excluding hydrogens is 464 g/mol. The molecule has 0 radical (unpaired) electrons. The molecule has 1 N–H and O–H groups in total. The minimum absolute atomic E-state index is 0.0599. The maximum absolute atomic E-state index is 13.7. The highest BCUT2D eigenvalue weighted by atomic mass is 16.5. The van der Waals surface area contributed by atoms with Gasteiger partial charge < -0.3 is 19.7 Å². The van der Waals surface area contributed by atoms with Gasteiger partial charge in [-0.15, -0.1) is 0 Å². The number of ether oxygens (including phenoxy) is 2. The molecule has 3 aromatic carbocycles.